The van der Waals surface area contributed by atoms with Crippen LogP contribution in [-0.4, -0.2) is 54.5 Å². The number of hydrogen-bond donors (Lipinski definition) is 2. The summed E-state index contributed by atoms with van der Waals surface area (Å²) in [6, 6.07) is 0.0810. The molecule has 2 atom stereocenters. The minimum Gasteiger partial charge on any atom is -0.388 e. The van der Waals surface area contributed by atoms with Gasteiger partial charge < -0.3 is 20.1 Å². The van der Waals surface area contributed by atoms with Crippen molar-refractivity contribution in [2.24, 2.45) is 11.8 Å². The Morgan fingerprint density at radius 3 is 2.48 bits per heavy atom. The van der Waals surface area contributed by atoms with E-state index >= 15 is 0 Å². The monoisotopic (exact) mass is 326 g/mol. The van der Waals surface area contributed by atoms with E-state index in [1.807, 2.05) is 0 Å². The second kappa shape index (κ2) is 8.34. The van der Waals surface area contributed by atoms with Crippen molar-refractivity contribution in [3.8, 4) is 0 Å². The summed E-state index contributed by atoms with van der Waals surface area (Å²) in [4.78, 5) is 14.0. The van der Waals surface area contributed by atoms with E-state index in [0.717, 1.165) is 5.92 Å². The van der Waals surface area contributed by atoms with E-state index < -0.39 is 5.60 Å². The highest BCUT2D eigenvalue weighted by Crippen LogP contribution is 2.31. The minimum atomic E-state index is -0.803. The van der Waals surface area contributed by atoms with Gasteiger partial charge in [-0.1, -0.05) is 39.0 Å². The maximum atomic E-state index is 12.4. The molecule has 1 saturated heterocycles. The van der Waals surface area contributed by atoms with E-state index in [4.69, 9.17) is 4.74 Å². The molecule has 2 N–H and O–H groups in total. The van der Waals surface area contributed by atoms with Crippen molar-refractivity contribution in [3.05, 3.63) is 0 Å². The van der Waals surface area contributed by atoms with Crippen molar-refractivity contribution in [3.63, 3.8) is 0 Å². The maximum Gasteiger partial charge on any atom is 0.317 e. The maximum absolute atomic E-state index is 12.4. The average Bonchev–Trinajstić information content (AvgIpc) is 2.55. The fraction of sp³-hybridized carbons (Fsp3) is 0.944. The molecule has 5 nitrogen and oxygen atoms in total. The van der Waals surface area contributed by atoms with Gasteiger partial charge in [0, 0.05) is 39.1 Å². The van der Waals surface area contributed by atoms with Gasteiger partial charge in [-0.3, -0.25) is 0 Å². The summed E-state index contributed by atoms with van der Waals surface area (Å²) < 4.78 is 5.29. The molecule has 2 fully saturated rings. The first-order valence-corrected chi connectivity index (χ1v) is 9.23. The molecule has 5 heteroatoms. The van der Waals surface area contributed by atoms with Gasteiger partial charge in [-0.15, -0.1) is 0 Å². The standard InChI is InChI=1S/C18H34N2O3/c1-14(16-7-5-4-6-8-16)15(2)19-17(21)20(3)13-18(22)9-11-23-12-10-18/h14-16,22H,4-13H2,1-3H3,(H,19,21). The van der Waals surface area contributed by atoms with Crippen LogP contribution < -0.4 is 5.32 Å². The molecule has 1 saturated carbocycles. The molecule has 23 heavy (non-hydrogen) atoms. The minimum absolute atomic E-state index is 0.0833. The van der Waals surface area contributed by atoms with E-state index in [1.165, 1.54) is 32.1 Å². The first-order chi connectivity index (χ1) is 10.9. The summed E-state index contributed by atoms with van der Waals surface area (Å²) in [5.41, 5.74) is -0.803. The van der Waals surface area contributed by atoms with E-state index in [9.17, 15) is 9.90 Å². The van der Waals surface area contributed by atoms with Gasteiger partial charge in [0.2, 0.25) is 0 Å². The summed E-state index contributed by atoms with van der Waals surface area (Å²) in [6.45, 7) is 5.87. The predicted molar refractivity (Wildman–Crippen MR) is 91.4 cm³/mol. The Hall–Kier alpha value is -0.810. The molecule has 0 aromatic carbocycles. The number of likely N-dealkylation sites (N-methyl/N-ethyl adjacent to an activating group) is 1. The van der Waals surface area contributed by atoms with Gasteiger partial charge in [0.05, 0.1) is 12.1 Å². The van der Waals surface area contributed by atoms with Crippen molar-refractivity contribution >= 4 is 6.03 Å². The van der Waals surface area contributed by atoms with Crippen LogP contribution in [0.4, 0.5) is 4.79 Å². The van der Waals surface area contributed by atoms with Crippen LogP contribution in [0.2, 0.25) is 0 Å². The van der Waals surface area contributed by atoms with Crippen molar-refractivity contribution in [1.29, 1.82) is 0 Å². The Balaban J connectivity index is 1.79. The molecule has 2 aliphatic rings. The zero-order valence-corrected chi connectivity index (χ0v) is 15.0. The van der Waals surface area contributed by atoms with Crippen molar-refractivity contribution < 1.29 is 14.6 Å². The number of nitrogens with zero attached hydrogens (tertiary/aromatic N) is 1. The molecule has 2 rings (SSSR count). The first-order valence-electron chi connectivity index (χ1n) is 9.23. The summed E-state index contributed by atoms with van der Waals surface area (Å²) in [5, 5.41) is 13.7. The molecule has 1 aliphatic heterocycles. The molecule has 2 amide bonds. The number of carbonyl (C=O) groups excluding carboxylic acids is 1. The summed E-state index contributed by atoms with van der Waals surface area (Å²) >= 11 is 0. The van der Waals surface area contributed by atoms with Gasteiger partial charge in [0.25, 0.3) is 0 Å². The number of rotatable bonds is 5. The summed E-state index contributed by atoms with van der Waals surface area (Å²) in [5.74, 6) is 1.22. The van der Waals surface area contributed by atoms with E-state index in [1.54, 1.807) is 11.9 Å². The van der Waals surface area contributed by atoms with Crippen molar-refractivity contribution in [2.45, 2.75) is 70.4 Å². The van der Waals surface area contributed by atoms with Gasteiger partial charge in [-0.05, 0) is 18.8 Å². The van der Waals surface area contributed by atoms with Crippen molar-refractivity contribution in [1.82, 2.24) is 10.2 Å². The van der Waals surface area contributed by atoms with Gasteiger partial charge in [0.15, 0.2) is 0 Å². The first kappa shape index (κ1) is 18.5. The second-order valence-corrected chi connectivity index (χ2v) is 7.69. The molecular formula is C18H34N2O3. The number of amides is 2. The molecule has 134 valence electrons. The van der Waals surface area contributed by atoms with Gasteiger partial charge >= 0.3 is 6.03 Å². The van der Waals surface area contributed by atoms with Crippen LogP contribution in [0.1, 0.15) is 58.8 Å². The SMILES string of the molecule is CC(NC(=O)N(C)CC1(O)CCOCC1)C(C)C1CCCCC1. The molecule has 1 heterocycles. The third kappa shape index (κ3) is 5.35. The topological polar surface area (TPSA) is 61.8 Å². The number of urea groups is 1. The number of ether oxygens (including phenoxy) is 1. The van der Waals surface area contributed by atoms with Crippen LogP contribution in [0.15, 0.2) is 0 Å². The lowest BCUT2D eigenvalue weighted by Crippen LogP contribution is -2.52. The molecule has 0 aromatic rings. The normalized spacial score (nSPS) is 24.7. The lowest BCUT2D eigenvalue weighted by molar-refractivity contribution is -0.0723. The van der Waals surface area contributed by atoms with Gasteiger partial charge in [-0.25, -0.2) is 4.79 Å². The van der Waals surface area contributed by atoms with Crippen molar-refractivity contribution in [2.75, 3.05) is 26.8 Å². The Morgan fingerprint density at radius 2 is 1.87 bits per heavy atom. The molecular weight excluding hydrogens is 292 g/mol. The largest absolute Gasteiger partial charge is 0.388 e. The summed E-state index contributed by atoms with van der Waals surface area (Å²) in [6.07, 6.45) is 7.77. The molecule has 0 spiro atoms. The fourth-order valence-corrected chi connectivity index (χ4v) is 3.93. The lowest BCUT2D eigenvalue weighted by atomic mass is 9.78. The van der Waals surface area contributed by atoms with Crippen LogP contribution in [0.3, 0.4) is 0 Å². The highest BCUT2D eigenvalue weighted by molar-refractivity contribution is 5.74. The molecule has 1 aliphatic carbocycles. The highest BCUT2D eigenvalue weighted by Gasteiger charge is 2.33. The third-order valence-electron chi connectivity index (χ3n) is 5.83. The quantitative estimate of drug-likeness (QED) is 0.816. The number of aliphatic hydroxyl groups is 1. The van der Waals surface area contributed by atoms with Crippen LogP contribution in [-0.2, 0) is 4.74 Å². The van der Waals surface area contributed by atoms with Gasteiger partial charge in [-0.2, -0.15) is 0 Å². The average molecular weight is 326 g/mol. The zero-order valence-electron chi connectivity index (χ0n) is 15.0. The molecule has 0 radical (unpaired) electrons. The number of carbonyl (C=O) groups is 1. The highest BCUT2D eigenvalue weighted by atomic mass is 16.5. The van der Waals surface area contributed by atoms with Crippen LogP contribution in [0.25, 0.3) is 0 Å². The van der Waals surface area contributed by atoms with Crippen LogP contribution in [0.5, 0.6) is 0 Å². The van der Waals surface area contributed by atoms with E-state index in [0.29, 0.717) is 38.5 Å². The Labute approximate surface area is 140 Å². The number of nitrogens with one attached hydrogen (secondary N) is 1. The fourth-order valence-electron chi connectivity index (χ4n) is 3.93. The lowest BCUT2D eigenvalue weighted by Gasteiger charge is -2.37. The van der Waals surface area contributed by atoms with Crippen LogP contribution >= 0.6 is 0 Å². The third-order valence-corrected chi connectivity index (χ3v) is 5.83. The Bertz CT molecular complexity index is 376. The molecule has 0 bridgehead atoms. The molecule has 0 aromatic heterocycles. The Morgan fingerprint density at radius 1 is 1.26 bits per heavy atom. The smallest absolute Gasteiger partial charge is 0.317 e. The summed E-state index contributed by atoms with van der Waals surface area (Å²) in [7, 11) is 1.76. The Kier molecular flexibility index (Phi) is 6.72. The second-order valence-electron chi connectivity index (χ2n) is 7.69. The van der Waals surface area contributed by atoms with Gasteiger partial charge in [0.1, 0.15) is 0 Å². The predicted octanol–water partition coefficient (Wildman–Crippen LogP) is 2.77. The zero-order chi connectivity index (χ0) is 16.9. The van der Waals surface area contributed by atoms with E-state index in [2.05, 4.69) is 19.2 Å². The molecule has 2 unspecified atom stereocenters. The van der Waals surface area contributed by atoms with Crippen LogP contribution in [0, 0.1) is 11.8 Å². The van der Waals surface area contributed by atoms with E-state index in [-0.39, 0.29) is 12.1 Å². The number of hydrogen-bond acceptors (Lipinski definition) is 3.